The summed E-state index contributed by atoms with van der Waals surface area (Å²) < 4.78 is 0. The second kappa shape index (κ2) is 5.56. The molecule has 3 saturated heterocycles. The summed E-state index contributed by atoms with van der Waals surface area (Å²) in [6, 6.07) is 8.95. The van der Waals surface area contributed by atoms with Crippen LogP contribution >= 0.6 is 0 Å². The number of benzene rings is 1. The monoisotopic (exact) mass is 296 g/mol. The van der Waals surface area contributed by atoms with Gasteiger partial charge in [-0.1, -0.05) is 24.3 Å². The predicted molar refractivity (Wildman–Crippen MR) is 89.8 cm³/mol. The van der Waals surface area contributed by atoms with Gasteiger partial charge in [-0.25, -0.2) is 0 Å². The van der Waals surface area contributed by atoms with Crippen LogP contribution in [0.15, 0.2) is 36.9 Å². The summed E-state index contributed by atoms with van der Waals surface area (Å²) >= 11 is 0. The molecule has 4 atom stereocenters. The van der Waals surface area contributed by atoms with E-state index in [1.165, 1.54) is 41.5 Å². The molecule has 0 amide bonds. The van der Waals surface area contributed by atoms with Crippen molar-refractivity contribution in [1.82, 2.24) is 9.88 Å². The lowest BCUT2D eigenvalue weighted by molar-refractivity contribution is 0.0163. The third-order valence-corrected chi connectivity index (χ3v) is 5.65. The minimum Gasteiger partial charge on any atom is -0.396 e. The van der Waals surface area contributed by atoms with Crippen molar-refractivity contribution < 1.29 is 5.11 Å². The Morgan fingerprint density at radius 1 is 1.36 bits per heavy atom. The van der Waals surface area contributed by atoms with E-state index in [1.54, 1.807) is 0 Å². The molecule has 3 nitrogen and oxygen atoms in total. The standard InChI is InChI=1S/C19H24N2O/c1-2-13-12-21-9-7-14(13)11-18(21)19-16(8-10-22)15-5-3-4-6-17(15)20-19/h2-6,13-14,18,20,22H,1,7-12H2/t13-,14+,18-/m0/s1. The van der Waals surface area contributed by atoms with Crippen molar-refractivity contribution in [2.75, 3.05) is 19.7 Å². The first-order chi connectivity index (χ1) is 10.8. The van der Waals surface area contributed by atoms with E-state index in [0.717, 1.165) is 18.9 Å². The second-order valence-electron chi connectivity index (χ2n) is 6.73. The largest absolute Gasteiger partial charge is 0.396 e. The molecule has 0 aliphatic carbocycles. The number of aromatic amines is 1. The minimum absolute atomic E-state index is 0.209. The van der Waals surface area contributed by atoms with Crippen LogP contribution in [-0.4, -0.2) is 34.7 Å². The SMILES string of the molecule is C=C[C@H]1CN2CC[C@@H]1C[C@H]2c1[nH]c2ccccc2c1CCO. The summed E-state index contributed by atoms with van der Waals surface area (Å²) in [7, 11) is 0. The van der Waals surface area contributed by atoms with E-state index in [2.05, 4.69) is 46.8 Å². The molecular formula is C19H24N2O. The molecule has 0 saturated carbocycles. The van der Waals surface area contributed by atoms with E-state index in [4.69, 9.17) is 0 Å². The number of hydrogen-bond acceptors (Lipinski definition) is 2. The van der Waals surface area contributed by atoms with E-state index in [0.29, 0.717) is 12.0 Å². The molecule has 2 bridgehead atoms. The Morgan fingerprint density at radius 2 is 2.23 bits per heavy atom. The topological polar surface area (TPSA) is 39.3 Å². The van der Waals surface area contributed by atoms with Gasteiger partial charge in [-0.3, -0.25) is 4.90 Å². The lowest BCUT2D eigenvalue weighted by atomic mass is 9.74. The molecule has 1 aromatic heterocycles. The lowest BCUT2D eigenvalue weighted by Crippen LogP contribution is -2.48. The summed E-state index contributed by atoms with van der Waals surface area (Å²) in [4.78, 5) is 6.27. The maximum Gasteiger partial charge on any atom is 0.0504 e. The first-order valence-corrected chi connectivity index (χ1v) is 8.38. The van der Waals surface area contributed by atoms with Gasteiger partial charge in [0.05, 0.1) is 6.04 Å². The number of rotatable bonds is 4. The zero-order valence-corrected chi connectivity index (χ0v) is 13.0. The lowest BCUT2D eigenvalue weighted by Gasteiger charge is -2.49. The van der Waals surface area contributed by atoms with E-state index < -0.39 is 0 Å². The molecule has 4 heterocycles. The van der Waals surface area contributed by atoms with Crippen LogP contribution in [-0.2, 0) is 6.42 Å². The minimum atomic E-state index is 0.209. The molecule has 2 aromatic rings. The molecule has 2 N–H and O–H groups in total. The van der Waals surface area contributed by atoms with Gasteiger partial charge in [-0.2, -0.15) is 0 Å². The number of para-hydroxylation sites is 1. The Hall–Kier alpha value is -1.58. The zero-order valence-electron chi connectivity index (χ0n) is 13.0. The molecule has 3 fully saturated rings. The number of nitrogens with one attached hydrogen (secondary N) is 1. The molecular weight excluding hydrogens is 272 g/mol. The quantitative estimate of drug-likeness (QED) is 0.850. The van der Waals surface area contributed by atoms with E-state index >= 15 is 0 Å². The fraction of sp³-hybridized carbons (Fsp3) is 0.474. The van der Waals surface area contributed by atoms with Crippen molar-refractivity contribution in [2.45, 2.75) is 25.3 Å². The normalized spacial score (nSPS) is 30.8. The van der Waals surface area contributed by atoms with Gasteiger partial charge in [0, 0.05) is 29.7 Å². The Balaban J connectivity index is 1.75. The maximum atomic E-state index is 9.49. The van der Waals surface area contributed by atoms with Crippen molar-refractivity contribution >= 4 is 10.9 Å². The number of aromatic nitrogens is 1. The Bertz CT molecular complexity index is 690. The third-order valence-electron chi connectivity index (χ3n) is 5.65. The number of H-pyrrole nitrogens is 1. The molecule has 116 valence electrons. The highest BCUT2D eigenvalue weighted by atomic mass is 16.2. The van der Waals surface area contributed by atoms with Crippen LogP contribution in [0.3, 0.4) is 0 Å². The molecule has 5 rings (SSSR count). The maximum absolute atomic E-state index is 9.49. The summed E-state index contributed by atoms with van der Waals surface area (Å²) in [5, 5.41) is 10.8. The van der Waals surface area contributed by atoms with Crippen LogP contribution in [0.5, 0.6) is 0 Å². The summed E-state index contributed by atoms with van der Waals surface area (Å²) in [5.41, 5.74) is 3.84. The van der Waals surface area contributed by atoms with Gasteiger partial charge in [-0.15, -0.1) is 6.58 Å². The average molecular weight is 296 g/mol. The third kappa shape index (κ3) is 2.11. The van der Waals surface area contributed by atoms with Gasteiger partial charge < -0.3 is 10.1 Å². The number of piperidine rings is 3. The highest BCUT2D eigenvalue weighted by molar-refractivity contribution is 5.84. The van der Waals surface area contributed by atoms with Crippen molar-refractivity contribution in [3.63, 3.8) is 0 Å². The van der Waals surface area contributed by atoms with Gasteiger partial charge in [0.2, 0.25) is 0 Å². The van der Waals surface area contributed by atoms with Crippen LogP contribution in [0, 0.1) is 11.8 Å². The second-order valence-corrected chi connectivity index (χ2v) is 6.73. The van der Waals surface area contributed by atoms with Crippen LogP contribution in [0.2, 0.25) is 0 Å². The summed E-state index contributed by atoms with van der Waals surface area (Å²) in [6.07, 6.45) is 5.39. The fourth-order valence-electron chi connectivity index (χ4n) is 4.52. The molecule has 3 heteroatoms. The van der Waals surface area contributed by atoms with Gasteiger partial charge in [0.15, 0.2) is 0 Å². The first kappa shape index (κ1) is 14.0. The highest BCUT2D eigenvalue weighted by Crippen LogP contribution is 2.45. The van der Waals surface area contributed by atoms with Crippen molar-refractivity contribution in [3.05, 3.63) is 48.2 Å². The molecule has 3 aliphatic heterocycles. The molecule has 1 aromatic carbocycles. The average Bonchev–Trinajstić information content (AvgIpc) is 2.94. The molecule has 22 heavy (non-hydrogen) atoms. The highest BCUT2D eigenvalue weighted by Gasteiger charge is 2.40. The molecule has 1 unspecified atom stereocenters. The Kier molecular flexibility index (Phi) is 3.55. The van der Waals surface area contributed by atoms with E-state index in [-0.39, 0.29) is 6.61 Å². The van der Waals surface area contributed by atoms with Gasteiger partial charge in [0.25, 0.3) is 0 Å². The van der Waals surface area contributed by atoms with E-state index in [9.17, 15) is 5.11 Å². The van der Waals surface area contributed by atoms with Gasteiger partial charge in [0.1, 0.15) is 0 Å². The van der Waals surface area contributed by atoms with Crippen LogP contribution in [0.25, 0.3) is 10.9 Å². The van der Waals surface area contributed by atoms with Crippen molar-refractivity contribution in [3.8, 4) is 0 Å². The summed E-state index contributed by atoms with van der Waals surface area (Å²) in [6.45, 7) is 6.54. The fourth-order valence-corrected chi connectivity index (χ4v) is 4.52. The first-order valence-electron chi connectivity index (χ1n) is 8.38. The number of nitrogens with zero attached hydrogens (tertiary/aromatic N) is 1. The van der Waals surface area contributed by atoms with Gasteiger partial charge >= 0.3 is 0 Å². The number of hydrogen-bond donors (Lipinski definition) is 2. The Labute approximate surface area is 131 Å². The van der Waals surface area contributed by atoms with Crippen LogP contribution in [0.4, 0.5) is 0 Å². The number of aliphatic hydroxyl groups excluding tert-OH is 1. The predicted octanol–water partition coefficient (Wildman–Crippen LogP) is 3.27. The molecule has 0 radical (unpaired) electrons. The zero-order chi connectivity index (χ0) is 15.1. The van der Waals surface area contributed by atoms with Crippen molar-refractivity contribution in [1.29, 1.82) is 0 Å². The van der Waals surface area contributed by atoms with Gasteiger partial charge in [-0.05, 0) is 49.3 Å². The molecule has 0 spiro atoms. The Morgan fingerprint density at radius 3 is 2.95 bits per heavy atom. The number of aliphatic hydroxyl groups is 1. The number of fused-ring (bicyclic) bond motifs is 4. The van der Waals surface area contributed by atoms with Crippen molar-refractivity contribution in [2.24, 2.45) is 11.8 Å². The van der Waals surface area contributed by atoms with Crippen LogP contribution < -0.4 is 0 Å². The van der Waals surface area contributed by atoms with E-state index in [1.807, 2.05) is 0 Å². The smallest absolute Gasteiger partial charge is 0.0504 e. The molecule has 3 aliphatic rings. The van der Waals surface area contributed by atoms with Crippen LogP contribution in [0.1, 0.15) is 30.1 Å². The summed E-state index contributed by atoms with van der Waals surface area (Å²) in [5.74, 6) is 1.41.